The lowest BCUT2D eigenvalue weighted by Crippen LogP contribution is -2.45. The molecule has 1 aliphatic rings. The maximum absolute atomic E-state index is 5.58. The topological polar surface area (TPSA) is 24.9 Å². The molecule has 1 atom stereocenters. The van der Waals surface area contributed by atoms with Gasteiger partial charge in [-0.05, 0) is 20.4 Å². The molecule has 1 fully saturated rings. The maximum atomic E-state index is 5.58. The molecule has 102 valence electrons. The van der Waals surface area contributed by atoms with Gasteiger partial charge in [0.15, 0.2) is 0 Å². The molecular weight excluding hydrogens is 216 g/mol. The Balaban J connectivity index is 1.87. The van der Waals surface area contributed by atoms with E-state index in [-0.39, 0.29) is 0 Å². The highest BCUT2D eigenvalue weighted by molar-refractivity contribution is 4.68. The molecule has 0 aromatic rings. The molecule has 0 amide bonds. The summed E-state index contributed by atoms with van der Waals surface area (Å²) in [5, 5.41) is 0. The van der Waals surface area contributed by atoms with E-state index in [9.17, 15) is 0 Å². The number of hydrogen-bond acceptors (Lipinski definition) is 4. The van der Waals surface area contributed by atoms with Gasteiger partial charge in [-0.25, -0.2) is 0 Å². The molecule has 0 aromatic carbocycles. The van der Waals surface area contributed by atoms with Gasteiger partial charge in [0.2, 0.25) is 0 Å². The summed E-state index contributed by atoms with van der Waals surface area (Å²) in [7, 11) is 2.18. The van der Waals surface area contributed by atoms with Crippen molar-refractivity contribution in [2.75, 3.05) is 59.6 Å². The smallest absolute Gasteiger partial charge is 0.0704 e. The molecule has 4 nitrogen and oxygen atoms in total. The number of nitrogens with zero attached hydrogens (tertiary/aromatic N) is 2. The fourth-order valence-corrected chi connectivity index (χ4v) is 1.79. The van der Waals surface area contributed by atoms with E-state index in [1.54, 1.807) is 0 Å². The van der Waals surface area contributed by atoms with Crippen LogP contribution < -0.4 is 0 Å². The van der Waals surface area contributed by atoms with Crippen molar-refractivity contribution < 1.29 is 9.47 Å². The molecule has 4 heteroatoms. The Morgan fingerprint density at radius 2 is 1.76 bits per heavy atom. The summed E-state index contributed by atoms with van der Waals surface area (Å²) >= 11 is 0. The second kappa shape index (κ2) is 8.86. The molecule has 1 heterocycles. The summed E-state index contributed by atoms with van der Waals surface area (Å²) in [5.41, 5.74) is 0. The van der Waals surface area contributed by atoms with E-state index in [1.807, 2.05) is 0 Å². The van der Waals surface area contributed by atoms with Crippen molar-refractivity contribution in [3.63, 3.8) is 0 Å². The Bertz CT molecular complexity index is 182. The van der Waals surface area contributed by atoms with Crippen LogP contribution in [0.25, 0.3) is 0 Å². The Kier molecular flexibility index (Phi) is 7.77. The van der Waals surface area contributed by atoms with E-state index in [0.29, 0.717) is 6.10 Å². The van der Waals surface area contributed by atoms with E-state index in [0.717, 1.165) is 32.8 Å². The van der Waals surface area contributed by atoms with Crippen LogP contribution in [0.2, 0.25) is 0 Å². The van der Waals surface area contributed by atoms with Crippen LogP contribution in [0.5, 0.6) is 0 Å². The molecule has 1 saturated heterocycles. The van der Waals surface area contributed by atoms with Crippen molar-refractivity contribution in [1.82, 2.24) is 9.80 Å². The van der Waals surface area contributed by atoms with Gasteiger partial charge < -0.3 is 14.4 Å². The van der Waals surface area contributed by atoms with Gasteiger partial charge in [0.25, 0.3) is 0 Å². The Morgan fingerprint density at radius 1 is 1.06 bits per heavy atom. The van der Waals surface area contributed by atoms with Gasteiger partial charge in [0.1, 0.15) is 0 Å². The quantitative estimate of drug-likeness (QED) is 0.596. The van der Waals surface area contributed by atoms with Gasteiger partial charge in [0, 0.05) is 32.7 Å². The Hall–Kier alpha value is -0.160. The summed E-state index contributed by atoms with van der Waals surface area (Å²) in [4.78, 5) is 4.84. The molecule has 1 aliphatic heterocycles. The minimum atomic E-state index is 0.358. The number of likely N-dealkylation sites (N-methyl/N-ethyl adjacent to an activating group) is 1. The first-order valence-electron chi connectivity index (χ1n) is 6.82. The van der Waals surface area contributed by atoms with Gasteiger partial charge >= 0.3 is 0 Å². The summed E-state index contributed by atoms with van der Waals surface area (Å²) < 4.78 is 11.1. The van der Waals surface area contributed by atoms with Crippen LogP contribution in [0.4, 0.5) is 0 Å². The van der Waals surface area contributed by atoms with Crippen LogP contribution in [0, 0.1) is 0 Å². The van der Waals surface area contributed by atoms with Crippen molar-refractivity contribution in [1.29, 1.82) is 0 Å². The fraction of sp³-hybridized carbons (Fsp3) is 1.00. The highest BCUT2D eigenvalue weighted by atomic mass is 16.5. The zero-order chi connectivity index (χ0) is 12.5. The monoisotopic (exact) mass is 244 g/mol. The largest absolute Gasteiger partial charge is 0.378 e. The first kappa shape index (κ1) is 14.9. The molecule has 1 unspecified atom stereocenters. The van der Waals surface area contributed by atoms with E-state index >= 15 is 0 Å². The van der Waals surface area contributed by atoms with Crippen LogP contribution in [-0.2, 0) is 9.47 Å². The fourth-order valence-electron chi connectivity index (χ4n) is 1.79. The first-order chi connectivity index (χ1) is 8.22. The SMILES string of the molecule is CCC(C)OCCOCCN1CCN(C)CC1. The predicted molar refractivity (Wildman–Crippen MR) is 70.5 cm³/mol. The molecular formula is C13H28N2O2. The normalized spacial score (nSPS) is 20.6. The zero-order valence-corrected chi connectivity index (χ0v) is 11.7. The molecule has 1 rings (SSSR count). The molecule has 0 spiro atoms. The lowest BCUT2D eigenvalue weighted by Gasteiger charge is -2.32. The number of rotatable bonds is 8. The summed E-state index contributed by atoms with van der Waals surface area (Å²) in [5.74, 6) is 0. The van der Waals surface area contributed by atoms with Gasteiger partial charge in [-0.2, -0.15) is 0 Å². The molecule has 0 radical (unpaired) electrons. The van der Waals surface area contributed by atoms with Gasteiger partial charge in [-0.3, -0.25) is 4.90 Å². The first-order valence-corrected chi connectivity index (χ1v) is 6.82. The third-order valence-electron chi connectivity index (χ3n) is 3.35. The van der Waals surface area contributed by atoms with Crippen molar-refractivity contribution in [3.8, 4) is 0 Å². The summed E-state index contributed by atoms with van der Waals surface area (Å²) in [6, 6.07) is 0. The molecule has 0 aromatic heterocycles. The van der Waals surface area contributed by atoms with Crippen LogP contribution >= 0.6 is 0 Å². The van der Waals surface area contributed by atoms with Crippen molar-refractivity contribution in [2.24, 2.45) is 0 Å². The zero-order valence-electron chi connectivity index (χ0n) is 11.7. The molecule has 0 N–H and O–H groups in total. The summed E-state index contributed by atoms with van der Waals surface area (Å²) in [6.45, 7) is 12.3. The lowest BCUT2D eigenvalue weighted by molar-refractivity contribution is 0.00409. The number of hydrogen-bond donors (Lipinski definition) is 0. The van der Waals surface area contributed by atoms with Gasteiger partial charge in [-0.1, -0.05) is 6.92 Å². The van der Waals surface area contributed by atoms with Crippen molar-refractivity contribution in [3.05, 3.63) is 0 Å². The van der Waals surface area contributed by atoms with Crippen molar-refractivity contribution in [2.45, 2.75) is 26.4 Å². The highest BCUT2D eigenvalue weighted by Gasteiger charge is 2.12. The van der Waals surface area contributed by atoms with Gasteiger partial charge in [0.05, 0.1) is 25.9 Å². The molecule has 0 aliphatic carbocycles. The van der Waals surface area contributed by atoms with E-state index in [1.165, 1.54) is 26.2 Å². The van der Waals surface area contributed by atoms with E-state index in [4.69, 9.17) is 9.47 Å². The minimum absolute atomic E-state index is 0.358. The number of piperazine rings is 1. The standard InChI is InChI=1S/C13H28N2O2/c1-4-13(2)17-12-11-16-10-9-15-7-5-14(3)6-8-15/h13H,4-12H2,1-3H3. The summed E-state index contributed by atoms with van der Waals surface area (Å²) in [6.07, 6.45) is 1.43. The van der Waals surface area contributed by atoms with Gasteiger partial charge in [-0.15, -0.1) is 0 Å². The van der Waals surface area contributed by atoms with Crippen LogP contribution in [-0.4, -0.2) is 75.5 Å². The second-order valence-electron chi connectivity index (χ2n) is 4.85. The maximum Gasteiger partial charge on any atom is 0.0704 e. The molecule has 0 bridgehead atoms. The number of ether oxygens (including phenoxy) is 2. The second-order valence-corrected chi connectivity index (χ2v) is 4.85. The van der Waals surface area contributed by atoms with Crippen LogP contribution in [0.1, 0.15) is 20.3 Å². The Labute approximate surface area is 106 Å². The van der Waals surface area contributed by atoms with Crippen LogP contribution in [0.15, 0.2) is 0 Å². The Morgan fingerprint density at radius 3 is 2.41 bits per heavy atom. The van der Waals surface area contributed by atoms with Crippen molar-refractivity contribution >= 4 is 0 Å². The van der Waals surface area contributed by atoms with Crippen LogP contribution in [0.3, 0.4) is 0 Å². The third kappa shape index (κ3) is 6.99. The average Bonchev–Trinajstić information content (AvgIpc) is 2.35. The van der Waals surface area contributed by atoms with E-state index < -0.39 is 0 Å². The predicted octanol–water partition coefficient (Wildman–Crippen LogP) is 1.07. The lowest BCUT2D eigenvalue weighted by atomic mass is 10.3. The minimum Gasteiger partial charge on any atom is -0.378 e. The average molecular weight is 244 g/mol. The van der Waals surface area contributed by atoms with E-state index in [2.05, 4.69) is 30.7 Å². The molecule has 17 heavy (non-hydrogen) atoms. The third-order valence-corrected chi connectivity index (χ3v) is 3.35. The molecule has 0 saturated carbocycles. The highest BCUT2D eigenvalue weighted by Crippen LogP contribution is 1.98.